The molecule has 6 heteroatoms. The Kier molecular flexibility index (Phi) is 5.41. The van der Waals surface area contributed by atoms with Crippen molar-refractivity contribution in [2.45, 2.75) is 31.8 Å². The molecule has 136 valence electrons. The summed E-state index contributed by atoms with van der Waals surface area (Å²) in [6.45, 7) is 1.78. The van der Waals surface area contributed by atoms with E-state index in [2.05, 4.69) is 16.0 Å². The molecule has 0 bridgehead atoms. The first-order valence-electron chi connectivity index (χ1n) is 8.68. The highest BCUT2D eigenvalue weighted by Crippen LogP contribution is 2.23. The number of hydrogen-bond acceptors (Lipinski definition) is 4. The Balaban J connectivity index is 1.57. The Morgan fingerprint density at radius 3 is 2.42 bits per heavy atom. The molecule has 0 radical (unpaired) electrons. The number of nitrogens with one attached hydrogen (secondary N) is 3. The summed E-state index contributed by atoms with van der Waals surface area (Å²) in [4.78, 5) is 24.4. The van der Waals surface area contributed by atoms with E-state index in [1.54, 1.807) is 50.4 Å². The number of carbonyl (C=O) groups excluding carboxylic acids is 2. The highest BCUT2D eigenvalue weighted by atomic mass is 16.5. The van der Waals surface area contributed by atoms with Gasteiger partial charge >= 0.3 is 0 Å². The molecule has 1 aliphatic carbocycles. The van der Waals surface area contributed by atoms with Crippen LogP contribution in [-0.4, -0.2) is 31.0 Å². The van der Waals surface area contributed by atoms with Gasteiger partial charge in [0.15, 0.2) is 0 Å². The highest BCUT2D eigenvalue weighted by molar-refractivity contribution is 5.98. The molecule has 1 saturated carbocycles. The average Bonchev–Trinajstić information content (AvgIpc) is 3.46. The first-order valence-corrected chi connectivity index (χ1v) is 8.68. The summed E-state index contributed by atoms with van der Waals surface area (Å²) < 4.78 is 5.24. The minimum absolute atomic E-state index is 0.0546. The number of amides is 2. The molecular formula is C20H23N3O3. The van der Waals surface area contributed by atoms with Crippen LogP contribution < -0.4 is 20.7 Å². The second-order valence-electron chi connectivity index (χ2n) is 6.38. The number of carbonyl (C=O) groups is 2. The van der Waals surface area contributed by atoms with Gasteiger partial charge < -0.3 is 20.7 Å². The van der Waals surface area contributed by atoms with Crippen LogP contribution in [0.1, 0.15) is 30.1 Å². The van der Waals surface area contributed by atoms with Crippen molar-refractivity contribution in [2.24, 2.45) is 0 Å². The third-order valence-electron chi connectivity index (χ3n) is 4.20. The Morgan fingerprint density at radius 1 is 1.08 bits per heavy atom. The van der Waals surface area contributed by atoms with Crippen LogP contribution in [0.2, 0.25) is 0 Å². The van der Waals surface area contributed by atoms with Crippen LogP contribution in [-0.2, 0) is 4.79 Å². The van der Waals surface area contributed by atoms with Crippen LogP contribution in [0, 0.1) is 0 Å². The molecule has 3 rings (SSSR count). The van der Waals surface area contributed by atoms with Gasteiger partial charge in [0, 0.05) is 17.3 Å². The van der Waals surface area contributed by atoms with Gasteiger partial charge in [0.05, 0.1) is 12.8 Å². The molecule has 0 heterocycles. The summed E-state index contributed by atoms with van der Waals surface area (Å²) in [5, 5.41) is 8.93. The van der Waals surface area contributed by atoms with Crippen molar-refractivity contribution < 1.29 is 14.3 Å². The van der Waals surface area contributed by atoms with E-state index in [0.717, 1.165) is 18.5 Å². The van der Waals surface area contributed by atoms with Gasteiger partial charge in [-0.25, -0.2) is 0 Å². The largest absolute Gasteiger partial charge is 0.495 e. The quantitative estimate of drug-likeness (QED) is 0.715. The van der Waals surface area contributed by atoms with E-state index in [4.69, 9.17) is 4.74 Å². The lowest BCUT2D eigenvalue weighted by Gasteiger charge is -2.17. The summed E-state index contributed by atoms with van der Waals surface area (Å²) >= 11 is 0. The predicted octanol–water partition coefficient (Wildman–Crippen LogP) is 3.03. The number of benzene rings is 2. The van der Waals surface area contributed by atoms with Crippen molar-refractivity contribution >= 4 is 23.2 Å². The van der Waals surface area contributed by atoms with Gasteiger partial charge in [-0.05, 0) is 56.2 Å². The normalized spacial score (nSPS) is 14.2. The van der Waals surface area contributed by atoms with E-state index >= 15 is 0 Å². The summed E-state index contributed by atoms with van der Waals surface area (Å²) in [6, 6.07) is 14.2. The topological polar surface area (TPSA) is 79.5 Å². The number of methoxy groups -OCH3 is 1. The third kappa shape index (κ3) is 4.53. The number of para-hydroxylation sites is 2. The Bertz CT molecular complexity index is 785. The zero-order valence-electron chi connectivity index (χ0n) is 14.9. The van der Waals surface area contributed by atoms with Crippen LogP contribution in [0.3, 0.4) is 0 Å². The molecule has 0 spiro atoms. The van der Waals surface area contributed by atoms with Crippen molar-refractivity contribution in [1.29, 1.82) is 0 Å². The first kappa shape index (κ1) is 17.8. The first-order chi connectivity index (χ1) is 12.6. The standard InChI is InChI=1S/C20H23N3O3/c1-13(19(24)23-17-5-3-4-6-18(17)26-2)21-15-9-7-14(8-10-15)20(25)22-16-11-12-16/h3-10,13,16,21H,11-12H2,1-2H3,(H,22,25)(H,23,24). The van der Waals surface area contributed by atoms with E-state index in [1.807, 2.05) is 12.1 Å². The van der Waals surface area contributed by atoms with Crippen molar-refractivity contribution in [3.8, 4) is 5.75 Å². The molecule has 1 fully saturated rings. The lowest BCUT2D eigenvalue weighted by molar-refractivity contribution is -0.116. The molecule has 2 aromatic rings. The summed E-state index contributed by atoms with van der Waals surface area (Å²) in [6.07, 6.45) is 2.12. The Morgan fingerprint density at radius 2 is 1.77 bits per heavy atom. The van der Waals surface area contributed by atoms with Gasteiger partial charge in [0.2, 0.25) is 5.91 Å². The molecule has 1 atom stereocenters. The van der Waals surface area contributed by atoms with Crippen LogP contribution >= 0.6 is 0 Å². The Hall–Kier alpha value is -3.02. The van der Waals surface area contributed by atoms with E-state index in [9.17, 15) is 9.59 Å². The fourth-order valence-corrected chi connectivity index (χ4v) is 2.52. The molecule has 6 nitrogen and oxygen atoms in total. The van der Waals surface area contributed by atoms with E-state index in [0.29, 0.717) is 23.0 Å². The zero-order chi connectivity index (χ0) is 18.5. The van der Waals surface area contributed by atoms with E-state index in [1.165, 1.54) is 0 Å². The van der Waals surface area contributed by atoms with Gasteiger partial charge in [-0.15, -0.1) is 0 Å². The van der Waals surface area contributed by atoms with E-state index < -0.39 is 6.04 Å². The second kappa shape index (κ2) is 7.91. The maximum atomic E-state index is 12.4. The maximum absolute atomic E-state index is 12.4. The van der Waals surface area contributed by atoms with Gasteiger partial charge in [-0.3, -0.25) is 9.59 Å². The van der Waals surface area contributed by atoms with Crippen molar-refractivity contribution in [1.82, 2.24) is 5.32 Å². The van der Waals surface area contributed by atoms with Crippen molar-refractivity contribution in [3.05, 3.63) is 54.1 Å². The minimum atomic E-state index is -0.453. The molecular weight excluding hydrogens is 330 g/mol. The second-order valence-corrected chi connectivity index (χ2v) is 6.38. The van der Waals surface area contributed by atoms with Crippen LogP contribution in [0.15, 0.2) is 48.5 Å². The van der Waals surface area contributed by atoms with Gasteiger partial charge in [-0.2, -0.15) is 0 Å². The lowest BCUT2D eigenvalue weighted by Crippen LogP contribution is -2.32. The van der Waals surface area contributed by atoms with Crippen LogP contribution in [0.4, 0.5) is 11.4 Å². The number of anilines is 2. The number of hydrogen-bond donors (Lipinski definition) is 3. The molecule has 2 amide bonds. The predicted molar refractivity (Wildman–Crippen MR) is 102 cm³/mol. The van der Waals surface area contributed by atoms with Crippen LogP contribution in [0.5, 0.6) is 5.75 Å². The molecule has 0 aliphatic heterocycles. The maximum Gasteiger partial charge on any atom is 0.251 e. The minimum Gasteiger partial charge on any atom is -0.495 e. The van der Waals surface area contributed by atoms with Crippen molar-refractivity contribution in [3.63, 3.8) is 0 Å². The molecule has 3 N–H and O–H groups in total. The molecule has 0 saturated heterocycles. The van der Waals surface area contributed by atoms with Crippen molar-refractivity contribution in [2.75, 3.05) is 17.7 Å². The smallest absolute Gasteiger partial charge is 0.251 e. The summed E-state index contributed by atoms with van der Waals surface area (Å²) in [5.74, 6) is 0.380. The molecule has 26 heavy (non-hydrogen) atoms. The molecule has 1 unspecified atom stereocenters. The zero-order valence-corrected chi connectivity index (χ0v) is 14.9. The average molecular weight is 353 g/mol. The monoisotopic (exact) mass is 353 g/mol. The molecule has 0 aromatic heterocycles. The lowest BCUT2D eigenvalue weighted by atomic mass is 10.1. The summed E-state index contributed by atoms with van der Waals surface area (Å²) in [5.41, 5.74) is 2.02. The third-order valence-corrected chi connectivity index (χ3v) is 4.20. The Labute approximate surface area is 152 Å². The van der Waals surface area contributed by atoms with Gasteiger partial charge in [-0.1, -0.05) is 12.1 Å². The van der Waals surface area contributed by atoms with Gasteiger partial charge in [0.1, 0.15) is 11.8 Å². The highest BCUT2D eigenvalue weighted by Gasteiger charge is 2.23. The number of rotatable bonds is 7. The molecule has 2 aromatic carbocycles. The number of ether oxygens (including phenoxy) is 1. The fourth-order valence-electron chi connectivity index (χ4n) is 2.52. The summed E-state index contributed by atoms with van der Waals surface area (Å²) in [7, 11) is 1.56. The van der Waals surface area contributed by atoms with Gasteiger partial charge in [0.25, 0.3) is 5.91 Å². The molecule has 1 aliphatic rings. The fraction of sp³-hybridized carbons (Fsp3) is 0.300. The van der Waals surface area contributed by atoms with E-state index in [-0.39, 0.29) is 11.8 Å². The SMILES string of the molecule is COc1ccccc1NC(=O)C(C)Nc1ccc(C(=O)NC2CC2)cc1. The van der Waals surface area contributed by atoms with Crippen LogP contribution in [0.25, 0.3) is 0 Å².